The Morgan fingerprint density at radius 1 is 0.957 bits per heavy atom. The molecule has 2 heteroatoms. The lowest BCUT2D eigenvalue weighted by Gasteiger charge is -2.12. The number of benzene rings is 3. The molecule has 3 aromatic carbocycles. The summed E-state index contributed by atoms with van der Waals surface area (Å²) in [6.07, 6.45) is 0.714. The first-order valence-corrected chi connectivity index (χ1v) is 7.91. The van der Waals surface area contributed by atoms with Gasteiger partial charge in [0.15, 0.2) is 0 Å². The van der Waals surface area contributed by atoms with Crippen molar-refractivity contribution in [2.24, 2.45) is 0 Å². The molecule has 0 bridgehead atoms. The molecular formula is C21H19NO. The lowest BCUT2D eigenvalue weighted by molar-refractivity contribution is 0.340. The van der Waals surface area contributed by atoms with E-state index in [0.717, 1.165) is 11.3 Å². The Balaban J connectivity index is 1.88. The summed E-state index contributed by atoms with van der Waals surface area (Å²) in [5, 5.41) is 12.0. The first-order chi connectivity index (χ1) is 11.3. The van der Waals surface area contributed by atoms with Crippen LogP contribution in [-0.4, -0.2) is 6.61 Å². The maximum Gasteiger partial charge on any atom is 0.119 e. The average Bonchev–Trinajstić information content (AvgIpc) is 2.61. The summed E-state index contributed by atoms with van der Waals surface area (Å²) in [4.78, 5) is 0. The normalized spacial score (nSPS) is 11.8. The summed E-state index contributed by atoms with van der Waals surface area (Å²) in [6, 6.07) is 24.9. The number of rotatable bonds is 5. The summed E-state index contributed by atoms with van der Waals surface area (Å²) in [5.74, 6) is 0.689. The van der Waals surface area contributed by atoms with E-state index < -0.39 is 0 Å². The Morgan fingerprint density at radius 2 is 1.70 bits per heavy atom. The summed E-state index contributed by atoms with van der Waals surface area (Å²) in [7, 11) is 0. The number of hydrogen-bond acceptors (Lipinski definition) is 2. The van der Waals surface area contributed by atoms with Crippen LogP contribution in [0.5, 0.6) is 5.75 Å². The van der Waals surface area contributed by atoms with Gasteiger partial charge in [0.05, 0.1) is 18.6 Å². The SMILES string of the molecule is CCOc1ccc(C(C#N)Cc2cccc3ccccc23)cc1. The zero-order chi connectivity index (χ0) is 16.1. The predicted molar refractivity (Wildman–Crippen MR) is 93.6 cm³/mol. The lowest BCUT2D eigenvalue weighted by atomic mass is 9.91. The second-order valence-corrected chi connectivity index (χ2v) is 5.53. The number of nitrogens with zero attached hydrogens (tertiary/aromatic N) is 1. The average molecular weight is 301 g/mol. The van der Waals surface area contributed by atoms with E-state index in [1.54, 1.807) is 0 Å². The molecule has 0 heterocycles. The summed E-state index contributed by atoms with van der Waals surface area (Å²) >= 11 is 0. The molecule has 23 heavy (non-hydrogen) atoms. The molecule has 0 aromatic heterocycles. The molecule has 0 radical (unpaired) electrons. The highest BCUT2D eigenvalue weighted by Gasteiger charge is 2.13. The largest absolute Gasteiger partial charge is 0.494 e. The Kier molecular flexibility index (Phi) is 4.59. The molecule has 114 valence electrons. The fraction of sp³-hybridized carbons (Fsp3) is 0.190. The van der Waals surface area contributed by atoms with Crippen molar-refractivity contribution in [2.75, 3.05) is 6.61 Å². The second-order valence-electron chi connectivity index (χ2n) is 5.53. The van der Waals surface area contributed by atoms with E-state index >= 15 is 0 Å². The monoisotopic (exact) mass is 301 g/mol. The quantitative estimate of drug-likeness (QED) is 0.657. The van der Waals surface area contributed by atoms with Gasteiger partial charge in [-0.3, -0.25) is 0 Å². The lowest BCUT2D eigenvalue weighted by Crippen LogP contribution is -2.01. The Bertz CT molecular complexity index is 825. The minimum Gasteiger partial charge on any atom is -0.494 e. The van der Waals surface area contributed by atoms with Crippen molar-refractivity contribution in [1.29, 1.82) is 5.26 Å². The van der Waals surface area contributed by atoms with Crippen LogP contribution in [0.25, 0.3) is 10.8 Å². The molecule has 0 spiro atoms. The van der Waals surface area contributed by atoms with Crippen molar-refractivity contribution in [3.63, 3.8) is 0 Å². The molecule has 0 fully saturated rings. The van der Waals surface area contributed by atoms with E-state index in [-0.39, 0.29) is 5.92 Å². The topological polar surface area (TPSA) is 33.0 Å². The molecule has 0 amide bonds. The van der Waals surface area contributed by atoms with E-state index in [0.29, 0.717) is 13.0 Å². The third kappa shape index (κ3) is 3.35. The van der Waals surface area contributed by atoms with Crippen molar-refractivity contribution in [1.82, 2.24) is 0 Å². The number of ether oxygens (including phenoxy) is 1. The van der Waals surface area contributed by atoms with E-state index in [9.17, 15) is 5.26 Å². The van der Waals surface area contributed by atoms with Crippen LogP contribution in [0.2, 0.25) is 0 Å². The molecule has 2 nitrogen and oxygen atoms in total. The number of hydrogen-bond donors (Lipinski definition) is 0. The smallest absolute Gasteiger partial charge is 0.119 e. The molecule has 0 saturated heterocycles. The van der Waals surface area contributed by atoms with Gasteiger partial charge in [-0.05, 0) is 47.4 Å². The zero-order valence-electron chi connectivity index (χ0n) is 13.2. The Hall–Kier alpha value is -2.79. The molecule has 0 aliphatic rings. The van der Waals surface area contributed by atoms with Gasteiger partial charge in [-0.1, -0.05) is 54.6 Å². The van der Waals surface area contributed by atoms with Crippen LogP contribution in [0.1, 0.15) is 24.0 Å². The summed E-state index contributed by atoms with van der Waals surface area (Å²) in [6.45, 7) is 2.61. The highest BCUT2D eigenvalue weighted by atomic mass is 16.5. The van der Waals surface area contributed by atoms with Gasteiger partial charge in [0, 0.05) is 0 Å². The van der Waals surface area contributed by atoms with E-state index in [1.165, 1.54) is 16.3 Å². The molecular weight excluding hydrogens is 282 g/mol. The van der Waals surface area contributed by atoms with Crippen molar-refractivity contribution >= 4 is 10.8 Å². The molecule has 3 rings (SSSR count). The van der Waals surface area contributed by atoms with Gasteiger partial charge in [-0.25, -0.2) is 0 Å². The highest BCUT2D eigenvalue weighted by molar-refractivity contribution is 5.85. The van der Waals surface area contributed by atoms with Crippen LogP contribution in [0.15, 0.2) is 66.7 Å². The Morgan fingerprint density at radius 3 is 2.43 bits per heavy atom. The van der Waals surface area contributed by atoms with Gasteiger partial charge in [-0.2, -0.15) is 5.26 Å². The van der Waals surface area contributed by atoms with E-state index in [4.69, 9.17) is 4.74 Å². The van der Waals surface area contributed by atoms with Crippen molar-refractivity contribution in [2.45, 2.75) is 19.3 Å². The van der Waals surface area contributed by atoms with Crippen LogP contribution in [0, 0.1) is 11.3 Å². The first-order valence-electron chi connectivity index (χ1n) is 7.91. The zero-order valence-corrected chi connectivity index (χ0v) is 13.2. The molecule has 0 aliphatic carbocycles. The third-order valence-corrected chi connectivity index (χ3v) is 4.05. The predicted octanol–water partition coefficient (Wildman–Crippen LogP) is 5.09. The highest BCUT2D eigenvalue weighted by Crippen LogP contribution is 2.27. The van der Waals surface area contributed by atoms with Crippen LogP contribution in [-0.2, 0) is 6.42 Å². The molecule has 0 aliphatic heterocycles. The third-order valence-electron chi connectivity index (χ3n) is 4.05. The fourth-order valence-electron chi connectivity index (χ4n) is 2.89. The summed E-state index contributed by atoms with van der Waals surface area (Å²) in [5.41, 5.74) is 2.24. The number of nitriles is 1. The first kappa shape index (κ1) is 15.1. The fourth-order valence-corrected chi connectivity index (χ4v) is 2.89. The van der Waals surface area contributed by atoms with Crippen molar-refractivity contribution in [3.8, 4) is 11.8 Å². The van der Waals surface area contributed by atoms with Crippen molar-refractivity contribution < 1.29 is 4.74 Å². The Labute approximate surface area is 137 Å². The van der Waals surface area contributed by atoms with Crippen LogP contribution in [0.4, 0.5) is 0 Å². The van der Waals surface area contributed by atoms with Gasteiger partial charge in [0.2, 0.25) is 0 Å². The van der Waals surface area contributed by atoms with Gasteiger partial charge in [-0.15, -0.1) is 0 Å². The van der Waals surface area contributed by atoms with E-state index in [1.807, 2.05) is 43.3 Å². The summed E-state index contributed by atoms with van der Waals surface area (Å²) < 4.78 is 5.47. The molecule has 1 unspecified atom stereocenters. The molecule has 0 saturated carbocycles. The van der Waals surface area contributed by atoms with Crippen LogP contribution < -0.4 is 4.74 Å². The standard InChI is InChI=1S/C21H19NO/c1-2-23-20-12-10-16(11-13-20)19(15-22)14-18-8-5-7-17-6-3-4-9-21(17)18/h3-13,19H,2,14H2,1H3. The minimum atomic E-state index is -0.156. The minimum absolute atomic E-state index is 0.156. The maximum absolute atomic E-state index is 9.60. The second kappa shape index (κ2) is 6.98. The van der Waals surface area contributed by atoms with Crippen LogP contribution >= 0.6 is 0 Å². The molecule has 0 N–H and O–H groups in total. The maximum atomic E-state index is 9.60. The molecule has 3 aromatic rings. The van der Waals surface area contributed by atoms with E-state index in [2.05, 4.69) is 36.4 Å². The van der Waals surface area contributed by atoms with Gasteiger partial charge >= 0.3 is 0 Å². The van der Waals surface area contributed by atoms with Gasteiger partial charge < -0.3 is 4.74 Å². The van der Waals surface area contributed by atoms with Gasteiger partial charge in [0.25, 0.3) is 0 Å². The molecule has 1 atom stereocenters. The van der Waals surface area contributed by atoms with Crippen molar-refractivity contribution in [3.05, 3.63) is 77.9 Å². The van der Waals surface area contributed by atoms with Crippen LogP contribution in [0.3, 0.4) is 0 Å². The van der Waals surface area contributed by atoms with Gasteiger partial charge in [0.1, 0.15) is 5.75 Å². The number of fused-ring (bicyclic) bond motifs is 1.